The Morgan fingerprint density at radius 3 is 2.90 bits per heavy atom. The number of nitro benzene ring substituents is 1. The van der Waals surface area contributed by atoms with E-state index >= 15 is 0 Å². The van der Waals surface area contributed by atoms with Gasteiger partial charge in [-0.1, -0.05) is 6.07 Å². The van der Waals surface area contributed by atoms with Gasteiger partial charge < -0.3 is 10.5 Å². The van der Waals surface area contributed by atoms with Crippen molar-refractivity contribution in [1.82, 2.24) is 4.98 Å². The quantitative estimate of drug-likeness (QED) is 0.378. The first-order valence-corrected chi connectivity index (χ1v) is 5.84. The summed E-state index contributed by atoms with van der Waals surface area (Å²) in [5, 5.41) is 18.3. The number of nitrogen functional groups attached to an aromatic ring is 1. The van der Waals surface area contributed by atoms with E-state index in [-0.39, 0.29) is 23.9 Å². The molecule has 2 aromatic rings. The van der Waals surface area contributed by atoms with Gasteiger partial charge in [0.1, 0.15) is 24.0 Å². The van der Waals surface area contributed by atoms with Crippen molar-refractivity contribution in [1.29, 1.82) is 5.41 Å². The van der Waals surface area contributed by atoms with Crippen LogP contribution in [0.3, 0.4) is 0 Å². The Balaban J connectivity index is 2.25. The number of amidine groups is 1. The topological polar surface area (TPSA) is 115 Å². The fourth-order valence-electron chi connectivity index (χ4n) is 1.71. The SMILES string of the molecule is N=C(N)c1ncccc1COc1ccc(F)cc1[N+](=O)[O-]. The van der Waals surface area contributed by atoms with Crippen LogP contribution >= 0.6 is 0 Å². The van der Waals surface area contributed by atoms with Crippen molar-refractivity contribution < 1.29 is 14.1 Å². The molecule has 2 rings (SSSR count). The second-order valence-electron chi connectivity index (χ2n) is 4.08. The van der Waals surface area contributed by atoms with E-state index in [0.717, 1.165) is 12.1 Å². The van der Waals surface area contributed by atoms with Crippen LogP contribution in [0.1, 0.15) is 11.3 Å². The molecule has 3 N–H and O–H groups in total. The number of hydrogen-bond donors (Lipinski definition) is 2. The number of rotatable bonds is 5. The van der Waals surface area contributed by atoms with Crippen LogP contribution in [0.25, 0.3) is 0 Å². The van der Waals surface area contributed by atoms with Crippen LogP contribution in [0.2, 0.25) is 0 Å². The normalized spacial score (nSPS) is 10.1. The maximum atomic E-state index is 13.0. The van der Waals surface area contributed by atoms with Crippen molar-refractivity contribution in [2.45, 2.75) is 6.61 Å². The molecule has 108 valence electrons. The van der Waals surface area contributed by atoms with E-state index in [0.29, 0.717) is 5.56 Å². The fraction of sp³-hybridized carbons (Fsp3) is 0.0769. The molecule has 0 saturated carbocycles. The highest BCUT2D eigenvalue weighted by atomic mass is 19.1. The number of nitrogens with two attached hydrogens (primary N) is 1. The molecule has 0 atom stereocenters. The molecule has 0 aliphatic carbocycles. The lowest BCUT2D eigenvalue weighted by molar-refractivity contribution is -0.386. The minimum absolute atomic E-state index is 0.0697. The van der Waals surface area contributed by atoms with Crippen molar-refractivity contribution in [3.05, 3.63) is 63.7 Å². The Morgan fingerprint density at radius 2 is 2.24 bits per heavy atom. The van der Waals surface area contributed by atoms with E-state index in [1.54, 1.807) is 12.1 Å². The van der Waals surface area contributed by atoms with Crippen LogP contribution in [0.4, 0.5) is 10.1 Å². The zero-order valence-corrected chi connectivity index (χ0v) is 10.7. The number of nitrogens with one attached hydrogen (secondary N) is 1. The molecule has 8 heteroatoms. The number of halogens is 1. The lowest BCUT2D eigenvalue weighted by Crippen LogP contribution is -2.16. The van der Waals surface area contributed by atoms with E-state index in [1.807, 2.05) is 0 Å². The molecular formula is C13H11FN4O3. The molecule has 0 aliphatic rings. The zero-order valence-electron chi connectivity index (χ0n) is 10.7. The van der Waals surface area contributed by atoms with Gasteiger partial charge in [-0.25, -0.2) is 4.39 Å². The zero-order chi connectivity index (χ0) is 15.4. The van der Waals surface area contributed by atoms with Gasteiger partial charge in [0.2, 0.25) is 0 Å². The maximum Gasteiger partial charge on any atom is 0.313 e. The smallest absolute Gasteiger partial charge is 0.313 e. The lowest BCUT2D eigenvalue weighted by Gasteiger charge is -2.09. The fourth-order valence-corrected chi connectivity index (χ4v) is 1.71. The highest BCUT2D eigenvalue weighted by molar-refractivity contribution is 5.94. The largest absolute Gasteiger partial charge is 0.482 e. The third-order valence-corrected chi connectivity index (χ3v) is 2.65. The molecule has 7 nitrogen and oxygen atoms in total. The summed E-state index contributed by atoms with van der Waals surface area (Å²) in [6.45, 7) is -0.0742. The van der Waals surface area contributed by atoms with Gasteiger partial charge in [-0.15, -0.1) is 0 Å². The van der Waals surface area contributed by atoms with Crippen LogP contribution in [0, 0.1) is 21.3 Å². The Morgan fingerprint density at radius 1 is 1.48 bits per heavy atom. The summed E-state index contributed by atoms with van der Waals surface area (Å²) in [5.74, 6) is -1.03. The van der Waals surface area contributed by atoms with Gasteiger partial charge in [-0.2, -0.15) is 0 Å². The monoisotopic (exact) mass is 290 g/mol. The molecule has 0 spiro atoms. The first kappa shape index (κ1) is 14.4. The van der Waals surface area contributed by atoms with E-state index in [1.165, 1.54) is 12.3 Å². The molecule has 1 aromatic carbocycles. The van der Waals surface area contributed by atoms with Crippen LogP contribution < -0.4 is 10.5 Å². The summed E-state index contributed by atoms with van der Waals surface area (Å²) >= 11 is 0. The Hall–Kier alpha value is -3.03. The van der Waals surface area contributed by atoms with E-state index < -0.39 is 16.4 Å². The van der Waals surface area contributed by atoms with Crippen molar-refractivity contribution in [2.24, 2.45) is 5.73 Å². The summed E-state index contributed by atoms with van der Waals surface area (Å²) in [7, 11) is 0. The van der Waals surface area contributed by atoms with Gasteiger partial charge in [-0.05, 0) is 18.2 Å². The number of hydrogen-bond acceptors (Lipinski definition) is 5. The molecular weight excluding hydrogens is 279 g/mol. The summed E-state index contributed by atoms with van der Waals surface area (Å²) < 4.78 is 18.4. The van der Waals surface area contributed by atoms with Crippen molar-refractivity contribution in [2.75, 3.05) is 0 Å². The second kappa shape index (κ2) is 5.95. The van der Waals surface area contributed by atoms with Crippen molar-refractivity contribution in [3.8, 4) is 5.75 Å². The van der Waals surface area contributed by atoms with Crippen LogP contribution in [-0.4, -0.2) is 15.7 Å². The van der Waals surface area contributed by atoms with Gasteiger partial charge in [0, 0.05) is 11.8 Å². The highest BCUT2D eigenvalue weighted by Crippen LogP contribution is 2.28. The van der Waals surface area contributed by atoms with Gasteiger partial charge in [0.25, 0.3) is 0 Å². The number of nitro groups is 1. The summed E-state index contributed by atoms with van der Waals surface area (Å²) in [5.41, 5.74) is 5.66. The lowest BCUT2D eigenvalue weighted by atomic mass is 10.2. The van der Waals surface area contributed by atoms with Gasteiger partial charge in [0.15, 0.2) is 5.75 Å². The Kier molecular flexibility index (Phi) is 4.07. The predicted octanol–water partition coefficient (Wildman–Crippen LogP) is 1.99. The Bertz CT molecular complexity index is 706. The first-order chi connectivity index (χ1) is 9.99. The average molecular weight is 290 g/mol. The van der Waals surface area contributed by atoms with E-state index in [9.17, 15) is 14.5 Å². The molecule has 0 unspecified atom stereocenters. The van der Waals surface area contributed by atoms with Gasteiger partial charge in [0.05, 0.1) is 11.0 Å². The first-order valence-electron chi connectivity index (χ1n) is 5.84. The van der Waals surface area contributed by atoms with Crippen LogP contribution in [-0.2, 0) is 6.61 Å². The van der Waals surface area contributed by atoms with Crippen molar-refractivity contribution >= 4 is 11.5 Å². The van der Waals surface area contributed by atoms with E-state index in [4.69, 9.17) is 15.9 Å². The standard InChI is InChI=1S/C13H11FN4O3/c14-9-3-4-11(10(6-9)18(19)20)21-7-8-2-1-5-17-12(8)13(15)16/h1-6H,7H2,(H3,15,16). The minimum Gasteiger partial charge on any atom is -0.482 e. The van der Waals surface area contributed by atoms with Crippen LogP contribution in [0.5, 0.6) is 5.75 Å². The molecule has 1 heterocycles. The molecule has 0 aliphatic heterocycles. The molecule has 0 amide bonds. The molecule has 1 aromatic heterocycles. The van der Waals surface area contributed by atoms with Crippen molar-refractivity contribution in [3.63, 3.8) is 0 Å². The molecule has 0 radical (unpaired) electrons. The third-order valence-electron chi connectivity index (χ3n) is 2.65. The molecule has 0 saturated heterocycles. The number of benzene rings is 1. The van der Waals surface area contributed by atoms with Gasteiger partial charge in [-0.3, -0.25) is 20.5 Å². The third kappa shape index (κ3) is 3.30. The highest BCUT2D eigenvalue weighted by Gasteiger charge is 2.17. The van der Waals surface area contributed by atoms with E-state index in [2.05, 4.69) is 4.98 Å². The van der Waals surface area contributed by atoms with Crippen LogP contribution in [0.15, 0.2) is 36.5 Å². The summed E-state index contributed by atoms with van der Waals surface area (Å²) in [6, 6.07) is 6.29. The molecule has 0 fully saturated rings. The predicted molar refractivity (Wildman–Crippen MR) is 72.6 cm³/mol. The summed E-state index contributed by atoms with van der Waals surface area (Å²) in [4.78, 5) is 14.1. The average Bonchev–Trinajstić information content (AvgIpc) is 2.46. The second-order valence-corrected chi connectivity index (χ2v) is 4.08. The number of aromatic nitrogens is 1. The number of ether oxygens (including phenoxy) is 1. The Labute approximate surface area is 118 Å². The van der Waals surface area contributed by atoms with Gasteiger partial charge >= 0.3 is 5.69 Å². The summed E-state index contributed by atoms with van der Waals surface area (Å²) in [6.07, 6.45) is 1.47. The number of pyridine rings is 1. The number of nitrogens with zero attached hydrogens (tertiary/aromatic N) is 2. The molecule has 21 heavy (non-hydrogen) atoms. The molecule has 0 bridgehead atoms. The minimum atomic E-state index is -0.729. The maximum absolute atomic E-state index is 13.0.